The van der Waals surface area contributed by atoms with Crippen LogP contribution in [0.2, 0.25) is 0 Å². The molecule has 1 heterocycles. The smallest absolute Gasteiger partial charge is 0.306 e. The Morgan fingerprint density at radius 3 is 2.64 bits per heavy atom. The fraction of sp³-hybridized carbons (Fsp3) is 0.750. The van der Waals surface area contributed by atoms with Crippen LogP contribution < -0.4 is 5.32 Å². The second-order valence-electron chi connectivity index (χ2n) is 3.55. The summed E-state index contributed by atoms with van der Waals surface area (Å²) >= 11 is 1.47. The van der Waals surface area contributed by atoms with E-state index in [0.29, 0.717) is 5.75 Å². The highest BCUT2D eigenvalue weighted by atomic mass is 32.2. The molecule has 2 atom stereocenters. The Morgan fingerprint density at radius 1 is 1.50 bits per heavy atom. The third-order valence-corrected chi connectivity index (χ3v) is 3.49. The number of carboxylic acids is 2. The first-order valence-corrected chi connectivity index (χ1v) is 5.25. The maximum Gasteiger partial charge on any atom is 0.306 e. The Labute approximate surface area is 85.9 Å². The number of aliphatic carboxylic acids is 2. The third kappa shape index (κ3) is 3.19. The summed E-state index contributed by atoms with van der Waals surface area (Å²) in [5.41, 5.74) is 0. The van der Waals surface area contributed by atoms with Crippen molar-refractivity contribution in [3.63, 3.8) is 0 Å². The minimum Gasteiger partial charge on any atom is -0.481 e. The zero-order valence-electron chi connectivity index (χ0n) is 7.82. The molecule has 5 nitrogen and oxygen atoms in total. The first-order valence-electron chi connectivity index (χ1n) is 4.26. The molecule has 0 aromatic rings. The van der Waals surface area contributed by atoms with Crippen molar-refractivity contribution in [2.75, 3.05) is 5.75 Å². The van der Waals surface area contributed by atoms with Gasteiger partial charge in [0.1, 0.15) is 0 Å². The highest BCUT2D eigenvalue weighted by Gasteiger charge is 2.37. The minimum absolute atomic E-state index is 0.00772. The van der Waals surface area contributed by atoms with Crippen LogP contribution in [0.25, 0.3) is 0 Å². The summed E-state index contributed by atoms with van der Waals surface area (Å²) in [5.74, 6) is -1.08. The molecule has 0 saturated carbocycles. The topological polar surface area (TPSA) is 86.6 Å². The molecular formula is C8H13NO4S. The highest BCUT2D eigenvalue weighted by molar-refractivity contribution is 8.00. The molecule has 0 aromatic heterocycles. The number of carboxylic acid groups (broad SMARTS) is 2. The van der Waals surface area contributed by atoms with Crippen molar-refractivity contribution >= 4 is 23.7 Å². The average Bonchev–Trinajstić information content (AvgIpc) is 2.28. The fourth-order valence-corrected chi connectivity index (χ4v) is 2.76. The van der Waals surface area contributed by atoms with Crippen LogP contribution in [0.5, 0.6) is 0 Å². The van der Waals surface area contributed by atoms with Crippen molar-refractivity contribution in [3.8, 4) is 0 Å². The lowest BCUT2D eigenvalue weighted by Gasteiger charge is -2.22. The molecular weight excluding hydrogens is 206 g/mol. The van der Waals surface area contributed by atoms with Gasteiger partial charge in [0.15, 0.2) is 0 Å². The Morgan fingerprint density at radius 2 is 2.14 bits per heavy atom. The second kappa shape index (κ2) is 4.18. The van der Waals surface area contributed by atoms with E-state index >= 15 is 0 Å². The number of thioether (sulfide) groups is 1. The molecule has 0 amide bonds. The summed E-state index contributed by atoms with van der Waals surface area (Å²) in [6.07, 6.45) is 0.0516. The zero-order valence-corrected chi connectivity index (χ0v) is 8.63. The maximum absolute atomic E-state index is 10.5. The fourth-order valence-electron chi connectivity index (χ4n) is 1.51. The van der Waals surface area contributed by atoms with Crippen LogP contribution in [0.3, 0.4) is 0 Å². The van der Waals surface area contributed by atoms with E-state index in [1.54, 1.807) is 6.92 Å². The predicted octanol–water partition coefficient (Wildman–Crippen LogP) is 0.357. The van der Waals surface area contributed by atoms with E-state index in [9.17, 15) is 9.59 Å². The van der Waals surface area contributed by atoms with Gasteiger partial charge in [0.2, 0.25) is 0 Å². The first-order chi connectivity index (χ1) is 6.41. The molecule has 1 rings (SSSR count). The van der Waals surface area contributed by atoms with Crippen LogP contribution in [0.4, 0.5) is 0 Å². The van der Waals surface area contributed by atoms with Crippen molar-refractivity contribution in [1.82, 2.24) is 5.32 Å². The summed E-state index contributed by atoms with van der Waals surface area (Å²) in [4.78, 5) is 20.4. The maximum atomic E-state index is 10.5. The van der Waals surface area contributed by atoms with Gasteiger partial charge in [-0.15, -0.1) is 11.8 Å². The van der Waals surface area contributed by atoms with E-state index in [1.165, 1.54) is 11.8 Å². The van der Waals surface area contributed by atoms with Crippen LogP contribution in [-0.4, -0.2) is 38.8 Å². The zero-order chi connectivity index (χ0) is 10.8. The van der Waals surface area contributed by atoms with Crippen LogP contribution in [-0.2, 0) is 9.59 Å². The van der Waals surface area contributed by atoms with Gasteiger partial charge in [-0.05, 0) is 6.92 Å². The van der Waals surface area contributed by atoms with E-state index in [-0.39, 0.29) is 18.9 Å². The number of rotatable bonds is 4. The summed E-state index contributed by atoms with van der Waals surface area (Å²) in [6, 6.07) is -0.123. The minimum atomic E-state index is -0.872. The largest absolute Gasteiger partial charge is 0.481 e. The molecule has 1 aliphatic rings. The summed E-state index contributed by atoms with van der Waals surface area (Å²) in [6.45, 7) is 1.79. The van der Waals surface area contributed by atoms with Crippen LogP contribution in [0.1, 0.15) is 19.8 Å². The van der Waals surface area contributed by atoms with E-state index in [1.807, 2.05) is 0 Å². The highest BCUT2D eigenvalue weighted by Crippen LogP contribution is 2.33. The van der Waals surface area contributed by atoms with Crippen molar-refractivity contribution in [2.24, 2.45) is 0 Å². The van der Waals surface area contributed by atoms with Crippen LogP contribution in [0, 0.1) is 0 Å². The van der Waals surface area contributed by atoms with Gasteiger partial charge in [-0.25, -0.2) is 0 Å². The van der Waals surface area contributed by atoms with Crippen molar-refractivity contribution in [3.05, 3.63) is 0 Å². The summed E-state index contributed by atoms with van der Waals surface area (Å²) in [5, 5.41) is 20.2. The summed E-state index contributed by atoms with van der Waals surface area (Å²) < 4.78 is 0. The monoisotopic (exact) mass is 219 g/mol. The summed E-state index contributed by atoms with van der Waals surface area (Å²) in [7, 11) is 0. The molecule has 3 N–H and O–H groups in total. The molecule has 0 radical (unpaired) electrons. The van der Waals surface area contributed by atoms with E-state index in [0.717, 1.165) is 0 Å². The Hall–Kier alpha value is -0.750. The molecule has 1 aliphatic heterocycles. The lowest BCUT2D eigenvalue weighted by atomic mass is 10.1. The van der Waals surface area contributed by atoms with Gasteiger partial charge in [0.25, 0.3) is 0 Å². The van der Waals surface area contributed by atoms with Crippen molar-refractivity contribution < 1.29 is 19.8 Å². The lowest BCUT2D eigenvalue weighted by molar-refractivity contribution is -0.137. The molecule has 2 unspecified atom stereocenters. The Bertz CT molecular complexity index is 258. The van der Waals surface area contributed by atoms with Gasteiger partial charge in [-0.1, -0.05) is 0 Å². The van der Waals surface area contributed by atoms with Gasteiger partial charge in [-0.3, -0.25) is 14.9 Å². The Kier molecular flexibility index (Phi) is 3.38. The molecule has 1 saturated heterocycles. The molecule has 0 aromatic carbocycles. The van der Waals surface area contributed by atoms with E-state index < -0.39 is 16.8 Å². The van der Waals surface area contributed by atoms with Gasteiger partial charge in [-0.2, -0.15) is 0 Å². The average molecular weight is 219 g/mol. The molecule has 6 heteroatoms. The SMILES string of the molecule is CC1(CC(=O)O)NC(CC(=O)O)CS1. The van der Waals surface area contributed by atoms with Gasteiger partial charge >= 0.3 is 11.9 Å². The van der Waals surface area contributed by atoms with Crippen molar-refractivity contribution in [2.45, 2.75) is 30.7 Å². The third-order valence-electron chi connectivity index (χ3n) is 2.02. The quantitative estimate of drug-likeness (QED) is 0.632. The van der Waals surface area contributed by atoms with E-state index in [2.05, 4.69) is 5.32 Å². The Balaban J connectivity index is 2.46. The number of hydrogen-bond acceptors (Lipinski definition) is 4. The normalized spacial score (nSPS) is 31.6. The van der Waals surface area contributed by atoms with Crippen molar-refractivity contribution in [1.29, 1.82) is 0 Å². The molecule has 80 valence electrons. The molecule has 14 heavy (non-hydrogen) atoms. The molecule has 1 fully saturated rings. The number of nitrogens with one attached hydrogen (secondary N) is 1. The van der Waals surface area contributed by atoms with Crippen LogP contribution >= 0.6 is 11.8 Å². The van der Waals surface area contributed by atoms with Crippen LogP contribution in [0.15, 0.2) is 0 Å². The van der Waals surface area contributed by atoms with Gasteiger partial charge < -0.3 is 10.2 Å². The first kappa shape index (κ1) is 11.3. The molecule has 0 bridgehead atoms. The molecule has 0 aliphatic carbocycles. The predicted molar refractivity (Wildman–Crippen MR) is 52.3 cm³/mol. The standard InChI is InChI=1S/C8H13NO4S/c1-8(3-7(12)13)9-5(4-14-8)2-6(10)11/h5,9H,2-4H2,1H3,(H,10,11)(H,12,13). The van der Waals surface area contributed by atoms with E-state index in [4.69, 9.17) is 10.2 Å². The second-order valence-corrected chi connectivity index (χ2v) is 5.07. The number of carbonyl (C=O) groups is 2. The van der Waals surface area contributed by atoms with Gasteiger partial charge in [0, 0.05) is 11.8 Å². The van der Waals surface area contributed by atoms with Gasteiger partial charge in [0.05, 0.1) is 17.7 Å². The molecule has 0 spiro atoms. The number of hydrogen-bond donors (Lipinski definition) is 3. The lowest BCUT2D eigenvalue weighted by Crippen LogP contribution is -2.41.